The third-order valence-electron chi connectivity index (χ3n) is 7.11. The van der Waals surface area contributed by atoms with Crippen LogP contribution in [0, 0.1) is 6.92 Å². The van der Waals surface area contributed by atoms with Gasteiger partial charge in [-0.1, -0.05) is 47.7 Å². The molecule has 1 N–H and O–H groups in total. The highest BCUT2D eigenvalue weighted by Crippen LogP contribution is 2.31. The van der Waals surface area contributed by atoms with E-state index in [-0.39, 0.29) is 5.91 Å². The van der Waals surface area contributed by atoms with Crippen molar-refractivity contribution in [2.24, 2.45) is 0 Å². The Morgan fingerprint density at radius 3 is 2.63 bits per heavy atom. The molecule has 1 saturated heterocycles. The molecule has 1 fully saturated rings. The van der Waals surface area contributed by atoms with E-state index in [0.29, 0.717) is 12.3 Å². The number of anilines is 1. The Bertz CT molecular complexity index is 1350. The lowest BCUT2D eigenvalue weighted by atomic mass is 10.0. The topological polar surface area (TPSA) is 70.0 Å². The second-order valence-corrected chi connectivity index (χ2v) is 10.4. The number of carbonyl (C=O) groups is 1. The van der Waals surface area contributed by atoms with Gasteiger partial charge in [-0.2, -0.15) is 0 Å². The van der Waals surface area contributed by atoms with Crippen LogP contribution in [0.25, 0.3) is 16.6 Å². The number of aromatic nitrogens is 4. The molecule has 0 atom stereocenters. The number of piperidine rings is 1. The van der Waals surface area contributed by atoms with Crippen molar-refractivity contribution in [3.05, 3.63) is 65.4 Å². The van der Waals surface area contributed by atoms with Crippen molar-refractivity contribution in [2.75, 3.05) is 30.3 Å². The molecule has 2 aliphatic heterocycles. The van der Waals surface area contributed by atoms with E-state index >= 15 is 0 Å². The molecule has 0 bridgehead atoms. The minimum Gasteiger partial charge on any atom is -0.358 e. The molecular formula is C27H30N6OS. The van der Waals surface area contributed by atoms with Crippen LogP contribution >= 0.6 is 11.8 Å². The molecule has 4 heterocycles. The van der Waals surface area contributed by atoms with Crippen molar-refractivity contribution in [3.8, 4) is 5.69 Å². The highest BCUT2D eigenvalue weighted by atomic mass is 32.2. The van der Waals surface area contributed by atoms with Crippen molar-refractivity contribution >= 4 is 34.5 Å². The largest absolute Gasteiger partial charge is 0.358 e. The van der Waals surface area contributed by atoms with E-state index in [1.807, 2.05) is 11.0 Å². The van der Waals surface area contributed by atoms with Crippen LogP contribution in [0.4, 0.5) is 5.95 Å². The maximum atomic E-state index is 13.3. The number of carbonyl (C=O) groups excluding carboxylic acids is 1. The predicted octanol–water partition coefficient (Wildman–Crippen LogP) is 4.72. The fourth-order valence-electron chi connectivity index (χ4n) is 5.17. The van der Waals surface area contributed by atoms with Gasteiger partial charge in [-0.05, 0) is 44.4 Å². The maximum absolute atomic E-state index is 13.3. The second-order valence-electron chi connectivity index (χ2n) is 9.48. The van der Waals surface area contributed by atoms with Gasteiger partial charge in [0.25, 0.3) is 0 Å². The Balaban J connectivity index is 1.22. The van der Waals surface area contributed by atoms with Gasteiger partial charge >= 0.3 is 0 Å². The summed E-state index contributed by atoms with van der Waals surface area (Å²) in [5, 5.41) is 11.1. The number of rotatable bonds is 5. The molecule has 7 nitrogen and oxygen atoms in total. The summed E-state index contributed by atoms with van der Waals surface area (Å²) in [6.07, 6.45) is 4.47. The Hall–Kier alpha value is -3.26. The van der Waals surface area contributed by atoms with Gasteiger partial charge in [0.1, 0.15) is 0 Å². The van der Waals surface area contributed by atoms with Gasteiger partial charge in [-0.3, -0.25) is 9.36 Å². The Kier molecular flexibility index (Phi) is 5.98. The van der Waals surface area contributed by atoms with Gasteiger partial charge in [0.05, 0.1) is 11.4 Å². The molecule has 35 heavy (non-hydrogen) atoms. The van der Waals surface area contributed by atoms with Gasteiger partial charge in [-0.25, -0.2) is 0 Å². The van der Waals surface area contributed by atoms with E-state index in [4.69, 9.17) is 0 Å². The summed E-state index contributed by atoms with van der Waals surface area (Å²) < 4.78 is 2.12. The van der Waals surface area contributed by atoms with Crippen molar-refractivity contribution < 1.29 is 4.79 Å². The zero-order chi connectivity index (χ0) is 23.8. The number of aromatic amines is 1. The van der Waals surface area contributed by atoms with Crippen LogP contribution in [0.2, 0.25) is 0 Å². The molecule has 2 aliphatic rings. The Morgan fingerprint density at radius 1 is 1.00 bits per heavy atom. The van der Waals surface area contributed by atoms with Gasteiger partial charge in [0.15, 0.2) is 5.16 Å². The molecule has 0 spiro atoms. The first-order chi connectivity index (χ1) is 17.2. The van der Waals surface area contributed by atoms with Crippen LogP contribution < -0.4 is 4.90 Å². The summed E-state index contributed by atoms with van der Waals surface area (Å²) in [5.41, 5.74) is 5.91. The van der Waals surface area contributed by atoms with Crippen LogP contribution in [0.5, 0.6) is 0 Å². The number of nitrogens with one attached hydrogen (secondary N) is 1. The number of nitrogens with zero attached hydrogens (tertiary/aromatic N) is 5. The standard InChI is InChI=1S/C27H30N6OS/c1-19-9-11-20(12-10-19)33-26(31-14-5-2-6-15-31)29-30-27(33)35-18-25(34)32-16-13-24-22(17-32)21-7-3-4-8-23(21)28-24/h3-4,7-12,28H,2,5-6,13-18H2,1H3. The average molecular weight is 487 g/mol. The average Bonchev–Trinajstić information content (AvgIpc) is 3.49. The zero-order valence-corrected chi connectivity index (χ0v) is 20.9. The Morgan fingerprint density at radius 2 is 1.80 bits per heavy atom. The van der Waals surface area contributed by atoms with Crippen molar-refractivity contribution in [3.63, 3.8) is 0 Å². The molecule has 1 amide bonds. The van der Waals surface area contributed by atoms with E-state index in [0.717, 1.165) is 48.4 Å². The molecule has 0 saturated carbocycles. The molecule has 6 rings (SSSR count). The molecule has 0 aliphatic carbocycles. The third kappa shape index (κ3) is 4.31. The Labute approximate surface area is 209 Å². The number of hydrogen-bond acceptors (Lipinski definition) is 5. The van der Waals surface area contributed by atoms with E-state index in [1.54, 1.807) is 0 Å². The van der Waals surface area contributed by atoms with Crippen LogP contribution in [0.1, 0.15) is 36.1 Å². The summed E-state index contributed by atoms with van der Waals surface area (Å²) in [6.45, 7) is 5.47. The zero-order valence-electron chi connectivity index (χ0n) is 20.0. The maximum Gasteiger partial charge on any atom is 0.233 e. The monoisotopic (exact) mass is 486 g/mol. The summed E-state index contributed by atoms with van der Waals surface area (Å²) >= 11 is 1.48. The number of amides is 1. The number of H-pyrrole nitrogens is 1. The van der Waals surface area contributed by atoms with E-state index in [9.17, 15) is 4.79 Å². The SMILES string of the molecule is Cc1ccc(-n2c(SCC(=O)N3CCc4[nH]c5ccccc5c4C3)nnc2N2CCCCC2)cc1. The number of fused-ring (bicyclic) bond motifs is 3. The first-order valence-corrected chi connectivity index (χ1v) is 13.4. The van der Waals surface area contributed by atoms with Gasteiger partial charge in [-0.15, -0.1) is 10.2 Å². The fraction of sp³-hybridized carbons (Fsp3) is 0.370. The number of aryl methyl sites for hydroxylation is 1. The van der Waals surface area contributed by atoms with Crippen LogP contribution in [0.15, 0.2) is 53.7 Å². The van der Waals surface area contributed by atoms with Crippen molar-refractivity contribution in [1.82, 2.24) is 24.6 Å². The molecule has 180 valence electrons. The summed E-state index contributed by atoms with van der Waals surface area (Å²) in [4.78, 5) is 21.1. The minimum atomic E-state index is 0.143. The van der Waals surface area contributed by atoms with E-state index in [1.165, 1.54) is 53.2 Å². The third-order valence-corrected chi connectivity index (χ3v) is 8.02. The summed E-state index contributed by atoms with van der Waals surface area (Å²) in [6, 6.07) is 16.8. The van der Waals surface area contributed by atoms with Crippen LogP contribution in [-0.2, 0) is 17.8 Å². The smallest absolute Gasteiger partial charge is 0.233 e. The number of para-hydroxylation sites is 1. The lowest BCUT2D eigenvalue weighted by Crippen LogP contribution is -2.37. The highest BCUT2D eigenvalue weighted by Gasteiger charge is 2.26. The number of hydrogen-bond donors (Lipinski definition) is 1. The van der Waals surface area contributed by atoms with E-state index in [2.05, 4.69) is 74.0 Å². The first-order valence-electron chi connectivity index (χ1n) is 12.4. The van der Waals surface area contributed by atoms with Gasteiger partial charge in [0, 0.05) is 54.8 Å². The second kappa shape index (κ2) is 9.41. The molecule has 2 aromatic carbocycles. The minimum absolute atomic E-state index is 0.143. The van der Waals surface area contributed by atoms with Gasteiger partial charge < -0.3 is 14.8 Å². The molecular weight excluding hydrogens is 456 g/mol. The normalized spacial score (nSPS) is 16.0. The summed E-state index contributed by atoms with van der Waals surface area (Å²) in [5.74, 6) is 1.37. The first kappa shape index (κ1) is 22.2. The van der Waals surface area contributed by atoms with E-state index < -0.39 is 0 Å². The summed E-state index contributed by atoms with van der Waals surface area (Å²) in [7, 11) is 0. The lowest BCUT2D eigenvalue weighted by molar-refractivity contribution is -0.129. The molecule has 8 heteroatoms. The molecule has 2 aromatic heterocycles. The number of thioether (sulfide) groups is 1. The molecule has 4 aromatic rings. The van der Waals surface area contributed by atoms with Crippen LogP contribution in [0.3, 0.4) is 0 Å². The van der Waals surface area contributed by atoms with Crippen molar-refractivity contribution in [2.45, 2.75) is 44.3 Å². The predicted molar refractivity (Wildman–Crippen MR) is 140 cm³/mol. The molecule has 0 unspecified atom stereocenters. The highest BCUT2D eigenvalue weighted by molar-refractivity contribution is 7.99. The fourth-order valence-corrected chi connectivity index (χ4v) is 6.02. The van der Waals surface area contributed by atoms with Crippen LogP contribution in [-0.4, -0.2) is 55.9 Å². The molecule has 0 radical (unpaired) electrons. The lowest BCUT2D eigenvalue weighted by Gasteiger charge is -2.28. The van der Waals surface area contributed by atoms with Gasteiger partial charge in [0.2, 0.25) is 11.9 Å². The number of benzene rings is 2. The van der Waals surface area contributed by atoms with Crippen molar-refractivity contribution in [1.29, 1.82) is 0 Å². The quantitative estimate of drug-likeness (QED) is 0.413.